The molecule has 2 amide bonds. The lowest BCUT2D eigenvalue weighted by Crippen LogP contribution is -2.57. The first-order valence-electron chi connectivity index (χ1n) is 11.2. The Labute approximate surface area is 173 Å². The summed E-state index contributed by atoms with van der Waals surface area (Å²) in [4.78, 5) is 28.5. The molecule has 29 heavy (non-hydrogen) atoms. The summed E-state index contributed by atoms with van der Waals surface area (Å²) in [5.41, 5.74) is 1.37. The minimum Gasteiger partial charge on any atom is -0.481 e. The van der Waals surface area contributed by atoms with Gasteiger partial charge in [-0.3, -0.25) is 9.69 Å². The zero-order valence-corrected chi connectivity index (χ0v) is 17.1. The van der Waals surface area contributed by atoms with Gasteiger partial charge in [-0.15, -0.1) is 0 Å². The Balaban J connectivity index is 1.28. The van der Waals surface area contributed by atoms with Gasteiger partial charge in [0, 0.05) is 31.7 Å². The summed E-state index contributed by atoms with van der Waals surface area (Å²) in [5, 5.41) is 12.3. The van der Waals surface area contributed by atoms with Crippen LogP contribution >= 0.6 is 0 Å². The van der Waals surface area contributed by atoms with Crippen molar-refractivity contribution in [1.82, 2.24) is 15.1 Å². The van der Waals surface area contributed by atoms with Crippen molar-refractivity contribution in [2.75, 3.05) is 19.6 Å². The smallest absolute Gasteiger partial charge is 0.317 e. The maximum atomic E-state index is 12.8. The molecule has 6 nitrogen and oxygen atoms in total. The summed E-state index contributed by atoms with van der Waals surface area (Å²) in [7, 11) is 0. The Morgan fingerprint density at radius 2 is 1.76 bits per heavy atom. The van der Waals surface area contributed by atoms with Crippen LogP contribution in [0.3, 0.4) is 0 Å². The van der Waals surface area contributed by atoms with E-state index < -0.39 is 5.97 Å². The van der Waals surface area contributed by atoms with E-state index in [0.29, 0.717) is 24.8 Å². The molecule has 0 bridgehead atoms. The number of fused-ring (bicyclic) bond motifs is 1. The molecule has 6 heteroatoms. The van der Waals surface area contributed by atoms with E-state index in [1.807, 2.05) is 4.90 Å². The monoisotopic (exact) mass is 399 g/mol. The standard InChI is InChI=1S/C23H33N3O3/c27-22(28)18-8-10-20(11-9-18)24-23(29)26-14-12-21-19(16-26)7-4-13-25(21)15-17-5-2-1-3-6-17/h1-3,5-6,18-21H,4,7-16H2,(H,24,29)(H,27,28). The van der Waals surface area contributed by atoms with E-state index in [0.717, 1.165) is 45.4 Å². The quantitative estimate of drug-likeness (QED) is 0.815. The number of aliphatic carboxylic acids is 1. The second kappa shape index (κ2) is 9.16. The molecule has 3 aliphatic rings. The third kappa shape index (κ3) is 4.92. The zero-order chi connectivity index (χ0) is 20.2. The lowest BCUT2D eigenvalue weighted by Gasteiger charge is -2.47. The average molecular weight is 400 g/mol. The number of nitrogens with one attached hydrogen (secondary N) is 1. The molecular formula is C23H33N3O3. The summed E-state index contributed by atoms with van der Waals surface area (Å²) < 4.78 is 0. The van der Waals surface area contributed by atoms with Gasteiger partial charge in [-0.05, 0) is 63.0 Å². The highest BCUT2D eigenvalue weighted by molar-refractivity contribution is 5.75. The normalized spacial score (nSPS) is 30.4. The molecule has 2 saturated heterocycles. The number of carboxylic acids is 1. The predicted octanol–water partition coefficient (Wildman–Crippen LogP) is 3.33. The fourth-order valence-electron chi connectivity index (χ4n) is 5.46. The van der Waals surface area contributed by atoms with Crippen LogP contribution in [0.5, 0.6) is 0 Å². The Bertz CT molecular complexity index is 703. The van der Waals surface area contributed by atoms with Crippen molar-refractivity contribution in [3.63, 3.8) is 0 Å². The van der Waals surface area contributed by atoms with Crippen molar-refractivity contribution in [1.29, 1.82) is 0 Å². The lowest BCUT2D eigenvalue weighted by molar-refractivity contribution is -0.142. The molecule has 0 radical (unpaired) electrons. The maximum absolute atomic E-state index is 12.8. The highest BCUT2D eigenvalue weighted by atomic mass is 16.4. The molecular weight excluding hydrogens is 366 g/mol. The van der Waals surface area contributed by atoms with E-state index in [9.17, 15) is 9.59 Å². The highest BCUT2D eigenvalue weighted by Gasteiger charge is 2.37. The number of urea groups is 1. The third-order valence-electron chi connectivity index (χ3n) is 7.10. The van der Waals surface area contributed by atoms with Gasteiger partial charge < -0.3 is 15.3 Å². The number of nitrogens with zero attached hydrogens (tertiary/aromatic N) is 2. The number of likely N-dealkylation sites (tertiary alicyclic amines) is 2. The first kappa shape index (κ1) is 20.2. The summed E-state index contributed by atoms with van der Waals surface area (Å²) in [5.74, 6) is -0.388. The first-order valence-corrected chi connectivity index (χ1v) is 11.2. The van der Waals surface area contributed by atoms with Gasteiger partial charge in [-0.25, -0.2) is 4.79 Å². The number of carboxylic acid groups (broad SMARTS) is 1. The van der Waals surface area contributed by atoms with Crippen molar-refractivity contribution < 1.29 is 14.7 Å². The van der Waals surface area contributed by atoms with E-state index >= 15 is 0 Å². The van der Waals surface area contributed by atoms with Crippen molar-refractivity contribution in [3.05, 3.63) is 35.9 Å². The molecule has 2 heterocycles. The molecule has 2 atom stereocenters. The van der Waals surface area contributed by atoms with E-state index in [2.05, 4.69) is 40.5 Å². The Morgan fingerprint density at radius 1 is 1.00 bits per heavy atom. The summed E-state index contributed by atoms with van der Waals surface area (Å²) in [6.45, 7) is 3.80. The van der Waals surface area contributed by atoms with Gasteiger partial charge >= 0.3 is 12.0 Å². The lowest BCUT2D eigenvalue weighted by atomic mass is 9.83. The van der Waals surface area contributed by atoms with Gasteiger partial charge in [0.05, 0.1) is 5.92 Å². The number of hydrogen-bond acceptors (Lipinski definition) is 3. The van der Waals surface area contributed by atoms with Crippen LogP contribution in [0.1, 0.15) is 50.5 Å². The molecule has 1 aliphatic carbocycles. The van der Waals surface area contributed by atoms with Crippen LogP contribution < -0.4 is 5.32 Å². The largest absolute Gasteiger partial charge is 0.481 e. The van der Waals surface area contributed by atoms with Crippen LogP contribution in [0, 0.1) is 11.8 Å². The fraction of sp³-hybridized carbons (Fsp3) is 0.652. The van der Waals surface area contributed by atoms with Crippen molar-refractivity contribution in [3.8, 4) is 0 Å². The average Bonchev–Trinajstić information content (AvgIpc) is 2.74. The van der Waals surface area contributed by atoms with Crippen LogP contribution in [-0.4, -0.2) is 58.6 Å². The summed E-state index contributed by atoms with van der Waals surface area (Å²) in [6.07, 6.45) is 6.31. The number of benzene rings is 1. The van der Waals surface area contributed by atoms with Crippen molar-refractivity contribution in [2.45, 2.75) is 63.6 Å². The van der Waals surface area contributed by atoms with E-state index in [1.165, 1.54) is 18.4 Å². The van der Waals surface area contributed by atoms with Crippen LogP contribution in [-0.2, 0) is 11.3 Å². The molecule has 1 saturated carbocycles. The van der Waals surface area contributed by atoms with E-state index in [-0.39, 0.29) is 18.0 Å². The van der Waals surface area contributed by atoms with Gasteiger partial charge in [-0.1, -0.05) is 30.3 Å². The molecule has 158 valence electrons. The second-order valence-electron chi connectivity index (χ2n) is 9.00. The van der Waals surface area contributed by atoms with Crippen molar-refractivity contribution >= 4 is 12.0 Å². The molecule has 3 fully saturated rings. The van der Waals surface area contributed by atoms with Crippen LogP contribution in [0.15, 0.2) is 30.3 Å². The summed E-state index contributed by atoms with van der Waals surface area (Å²) >= 11 is 0. The Morgan fingerprint density at radius 3 is 2.48 bits per heavy atom. The fourth-order valence-corrected chi connectivity index (χ4v) is 5.46. The van der Waals surface area contributed by atoms with Crippen molar-refractivity contribution in [2.24, 2.45) is 11.8 Å². The van der Waals surface area contributed by atoms with Gasteiger partial charge in [0.25, 0.3) is 0 Å². The third-order valence-corrected chi connectivity index (χ3v) is 7.10. The number of hydrogen-bond donors (Lipinski definition) is 2. The number of amides is 2. The predicted molar refractivity (Wildman–Crippen MR) is 111 cm³/mol. The van der Waals surface area contributed by atoms with Gasteiger partial charge in [0.2, 0.25) is 0 Å². The molecule has 4 rings (SSSR count). The van der Waals surface area contributed by atoms with Crippen LogP contribution in [0.4, 0.5) is 4.79 Å². The molecule has 1 aromatic carbocycles. The second-order valence-corrected chi connectivity index (χ2v) is 9.00. The maximum Gasteiger partial charge on any atom is 0.317 e. The van der Waals surface area contributed by atoms with Gasteiger partial charge in [0.1, 0.15) is 0 Å². The van der Waals surface area contributed by atoms with Crippen LogP contribution in [0.25, 0.3) is 0 Å². The molecule has 0 aromatic heterocycles. The molecule has 2 aliphatic heterocycles. The number of carbonyl (C=O) groups is 2. The zero-order valence-electron chi connectivity index (χ0n) is 17.1. The van der Waals surface area contributed by atoms with Gasteiger partial charge in [-0.2, -0.15) is 0 Å². The first-order chi connectivity index (χ1) is 14.1. The topological polar surface area (TPSA) is 72.9 Å². The number of rotatable bonds is 4. The minimum atomic E-state index is -0.700. The minimum absolute atomic E-state index is 0.0439. The molecule has 0 spiro atoms. The Hall–Kier alpha value is -2.08. The molecule has 2 unspecified atom stereocenters. The van der Waals surface area contributed by atoms with E-state index in [1.54, 1.807) is 0 Å². The number of piperidine rings is 2. The SMILES string of the molecule is O=C(O)C1CCC(NC(=O)N2CCC3C(CCCN3Cc3ccccc3)C2)CC1. The number of carbonyl (C=O) groups excluding carboxylic acids is 1. The molecule has 2 N–H and O–H groups in total. The van der Waals surface area contributed by atoms with E-state index in [4.69, 9.17) is 5.11 Å². The Kier molecular flexibility index (Phi) is 6.38. The summed E-state index contributed by atoms with van der Waals surface area (Å²) in [6, 6.07) is 11.4. The molecule has 1 aromatic rings. The van der Waals surface area contributed by atoms with Gasteiger partial charge in [0.15, 0.2) is 0 Å². The highest BCUT2D eigenvalue weighted by Crippen LogP contribution is 2.32. The van der Waals surface area contributed by atoms with Crippen LogP contribution in [0.2, 0.25) is 0 Å².